The molecule has 35 heavy (non-hydrogen) atoms. The number of rotatable bonds is 5. The van der Waals surface area contributed by atoms with Crippen LogP contribution in [0.2, 0.25) is 0 Å². The van der Waals surface area contributed by atoms with Gasteiger partial charge in [0.25, 0.3) is 5.91 Å². The number of carbonyl (C=O) groups excluding carboxylic acids is 3. The van der Waals surface area contributed by atoms with Crippen molar-refractivity contribution in [1.29, 1.82) is 0 Å². The van der Waals surface area contributed by atoms with E-state index in [4.69, 9.17) is 9.47 Å². The van der Waals surface area contributed by atoms with Crippen LogP contribution in [0, 0.1) is 5.41 Å². The fourth-order valence-electron chi connectivity index (χ4n) is 6.04. The van der Waals surface area contributed by atoms with E-state index in [0.29, 0.717) is 11.3 Å². The minimum absolute atomic E-state index is 0.0179. The molecule has 0 radical (unpaired) electrons. The molecule has 1 amide bonds. The highest BCUT2D eigenvalue weighted by molar-refractivity contribution is 5.96. The summed E-state index contributed by atoms with van der Waals surface area (Å²) in [6.45, 7) is 9.00. The number of amides is 1. The van der Waals surface area contributed by atoms with Crippen LogP contribution in [0.4, 0.5) is 5.69 Å². The number of phenols is 1. The van der Waals surface area contributed by atoms with Crippen molar-refractivity contribution in [3.05, 3.63) is 72.3 Å². The Morgan fingerprint density at radius 1 is 1.26 bits per heavy atom. The summed E-state index contributed by atoms with van der Waals surface area (Å²) in [6, 6.07) is 13.2. The van der Waals surface area contributed by atoms with Crippen LogP contribution in [0.25, 0.3) is 0 Å². The summed E-state index contributed by atoms with van der Waals surface area (Å²) < 4.78 is 11.7. The number of anilines is 1. The third kappa shape index (κ3) is 2.95. The Morgan fingerprint density at radius 2 is 1.97 bits per heavy atom. The van der Waals surface area contributed by atoms with Crippen molar-refractivity contribution in [3.63, 3.8) is 0 Å². The Morgan fingerprint density at radius 3 is 2.63 bits per heavy atom. The summed E-state index contributed by atoms with van der Waals surface area (Å²) >= 11 is 0. The van der Waals surface area contributed by atoms with Crippen molar-refractivity contribution in [2.45, 2.75) is 57.0 Å². The molecule has 2 saturated heterocycles. The van der Waals surface area contributed by atoms with Crippen LogP contribution in [-0.2, 0) is 35.9 Å². The van der Waals surface area contributed by atoms with Crippen LogP contribution in [-0.4, -0.2) is 45.7 Å². The molecular formula is C27H28N2O6. The van der Waals surface area contributed by atoms with Crippen LogP contribution in [0.5, 0.6) is 5.75 Å². The third-order valence-electron chi connectivity index (χ3n) is 7.59. The molecular weight excluding hydrogens is 448 g/mol. The first-order valence-electron chi connectivity index (χ1n) is 11.6. The van der Waals surface area contributed by atoms with Gasteiger partial charge in [-0.1, -0.05) is 62.4 Å². The van der Waals surface area contributed by atoms with Crippen molar-refractivity contribution >= 4 is 23.5 Å². The number of benzene rings is 2. The van der Waals surface area contributed by atoms with Crippen LogP contribution < -0.4 is 5.32 Å². The molecule has 0 unspecified atom stereocenters. The lowest BCUT2D eigenvalue weighted by Crippen LogP contribution is -2.72. The van der Waals surface area contributed by atoms with E-state index in [1.807, 2.05) is 44.2 Å². The zero-order chi connectivity index (χ0) is 25.2. The second-order valence-electron chi connectivity index (χ2n) is 9.92. The van der Waals surface area contributed by atoms with Gasteiger partial charge >= 0.3 is 11.9 Å². The van der Waals surface area contributed by atoms with E-state index < -0.39 is 46.7 Å². The largest absolute Gasteiger partial charge is 0.506 e. The maximum atomic E-state index is 14.1. The van der Waals surface area contributed by atoms with Crippen molar-refractivity contribution in [2.24, 2.45) is 5.41 Å². The summed E-state index contributed by atoms with van der Waals surface area (Å²) in [5, 5.41) is 14.1. The summed E-state index contributed by atoms with van der Waals surface area (Å²) in [7, 11) is 0. The number of cyclic esters (lactones) is 1. The molecule has 8 heteroatoms. The number of esters is 2. The fourth-order valence-corrected chi connectivity index (χ4v) is 6.04. The molecule has 0 spiro atoms. The minimum Gasteiger partial charge on any atom is -0.506 e. The van der Waals surface area contributed by atoms with Crippen LogP contribution in [0.3, 0.4) is 0 Å². The number of fused-ring (bicyclic) bond motifs is 5. The van der Waals surface area contributed by atoms with Gasteiger partial charge in [0.1, 0.15) is 11.8 Å². The number of nitrogens with one attached hydrogen (secondary N) is 1. The highest BCUT2D eigenvalue weighted by Gasteiger charge is 2.78. The van der Waals surface area contributed by atoms with Gasteiger partial charge in [-0.05, 0) is 11.6 Å². The number of nitrogens with zero attached hydrogens (tertiary/aromatic N) is 1. The van der Waals surface area contributed by atoms with E-state index >= 15 is 0 Å². The molecule has 0 bridgehead atoms. The molecule has 3 aliphatic heterocycles. The van der Waals surface area contributed by atoms with Gasteiger partial charge in [0.2, 0.25) is 0 Å². The lowest BCUT2D eigenvalue weighted by atomic mass is 9.68. The van der Waals surface area contributed by atoms with Crippen molar-refractivity contribution in [1.82, 2.24) is 4.90 Å². The molecule has 3 heterocycles. The molecule has 0 aromatic heterocycles. The molecule has 2 N–H and O–H groups in total. The Kier molecular flexibility index (Phi) is 4.98. The summed E-state index contributed by atoms with van der Waals surface area (Å²) in [4.78, 5) is 41.4. The van der Waals surface area contributed by atoms with Gasteiger partial charge in [-0.2, -0.15) is 0 Å². The van der Waals surface area contributed by atoms with Gasteiger partial charge in [0.15, 0.2) is 17.4 Å². The standard InChI is InChI=1S/C27H28N2O6/c1-5-25(3,4)27-26(35-16(2)30,18-12-9-13-20(31)22(18)28-27)15-19-24(33)34-21(23(32)29(19)27)14-17-10-7-6-8-11-17/h5-13,19,21,28,31H,1,14-15H2,2-4H3/t19-,21-,26-,27+/m1/s1. The molecule has 2 aromatic carbocycles. The number of aromatic hydroxyl groups is 1. The van der Waals surface area contributed by atoms with Gasteiger partial charge in [0.05, 0.1) is 5.69 Å². The van der Waals surface area contributed by atoms with Crippen LogP contribution in [0.15, 0.2) is 61.2 Å². The normalized spacial score (nSPS) is 28.9. The lowest BCUT2D eigenvalue weighted by molar-refractivity contribution is -0.190. The Balaban J connectivity index is 1.72. The van der Waals surface area contributed by atoms with E-state index in [2.05, 4.69) is 11.9 Å². The third-order valence-corrected chi connectivity index (χ3v) is 7.59. The molecule has 2 aromatic rings. The zero-order valence-electron chi connectivity index (χ0n) is 19.9. The monoisotopic (exact) mass is 476 g/mol. The Labute approximate surface area is 203 Å². The van der Waals surface area contributed by atoms with Crippen LogP contribution >= 0.6 is 0 Å². The van der Waals surface area contributed by atoms with E-state index in [1.54, 1.807) is 18.2 Å². The van der Waals surface area contributed by atoms with Gasteiger partial charge in [-0.3, -0.25) is 14.5 Å². The van der Waals surface area contributed by atoms with Crippen molar-refractivity contribution in [3.8, 4) is 5.75 Å². The molecule has 5 rings (SSSR count). The predicted octanol–water partition coefficient (Wildman–Crippen LogP) is 3.25. The fraction of sp³-hybridized carbons (Fsp3) is 0.370. The molecule has 182 valence electrons. The second kappa shape index (κ2) is 7.60. The van der Waals surface area contributed by atoms with E-state index in [0.717, 1.165) is 5.56 Å². The molecule has 0 aliphatic carbocycles. The number of morpholine rings is 1. The predicted molar refractivity (Wildman–Crippen MR) is 127 cm³/mol. The minimum atomic E-state index is -1.47. The Hall–Kier alpha value is -3.81. The SMILES string of the molecule is C=CC(C)(C)[C@@]12Nc3c(O)cccc3[C@]1(OC(C)=O)C[C@@H]1C(=O)O[C@H](Cc3ccccc3)C(=O)N12. The van der Waals surface area contributed by atoms with E-state index in [-0.39, 0.29) is 18.6 Å². The zero-order valence-corrected chi connectivity index (χ0v) is 19.9. The average Bonchev–Trinajstić information content (AvgIpc) is 3.26. The highest BCUT2D eigenvalue weighted by Crippen LogP contribution is 2.66. The summed E-state index contributed by atoms with van der Waals surface area (Å²) in [5.74, 6) is -1.59. The second-order valence-corrected chi connectivity index (χ2v) is 9.92. The molecule has 8 nitrogen and oxygen atoms in total. The van der Waals surface area contributed by atoms with E-state index in [1.165, 1.54) is 17.9 Å². The molecule has 0 saturated carbocycles. The quantitative estimate of drug-likeness (QED) is 0.388. The van der Waals surface area contributed by atoms with Crippen LogP contribution in [0.1, 0.15) is 38.3 Å². The first kappa shape index (κ1) is 23.0. The average molecular weight is 477 g/mol. The lowest BCUT2D eigenvalue weighted by Gasteiger charge is -2.54. The van der Waals surface area contributed by atoms with Gasteiger partial charge in [0, 0.05) is 30.7 Å². The molecule has 4 atom stereocenters. The molecule has 2 fully saturated rings. The van der Waals surface area contributed by atoms with Gasteiger partial charge < -0.3 is 19.9 Å². The Bertz CT molecular complexity index is 1240. The molecule has 3 aliphatic rings. The number of hydrogen-bond acceptors (Lipinski definition) is 7. The maximum absolute atomic E-state index is 14.1. The number of hydrogen-bond donors (Lipinski definition) is 2. The topological polar surface area (TPSA) is 105 Å². The number of phenolic OH excluding ortho intramolecular Hbond substituents is 1. The smallest absolute Gasteiger partial charge is 0.329 e. The van der Waals surface area contributed by atoms with Crippen molar-refractivity contribution < 1.29 is 29.0 Å². The highest BCUT2D eigenvalue weighted by atomic mass is 16.6. The van der Waals surface area contributed by atoms with Crippen molar-refractivity contribution in [2.75, 3.05) is 5.32 Å². The maximum Gasteiger partial charge on any atom is 0.329 e. The number of para-hydroxylation sites is 1. The summed E-state index contributed by atoms with van der Waals surface area (Å²) in [6.07, 6.45) is 0.808. The van der Waals surface area contributed by atoms with E-state index in [9.17, 15) is 19.5 Å². The van der Waals surface area contributed by atoms with Gasteiger partial charge in [-0.25, -0.2) is 4.79 Å². The van der Waals surface area contributed by atoms with Gasteiger partial charge in [-0.15, -0.1) is 6.58 Å². The number of carbonyl (C=O) groups is 3. The number of ether oxygens (including phenoxy) is 2. The first-order chi connectivity index (χ1) is 16.6. The summed E-state index contributed by atoms with van der Waals surface area (Å²) in [5.41, 5.74) is -2.13. The first-order valence-corrected chi connectivity index (χ1v) is 11.6.